The molecule has 1 aromatic carbocycles. The molecule has 0 radical (unpaired) electrons. The van der Waals surface area contributed by atoms with Gasteiger partial charge in [0, 0.05) is 20.1 Å². The SMILES string of the molecule is CNC(=O)C1CCCN(C(=O)C(C#N)c2ccccc2)C1. The molecule has 1 aliphatic heterocycles. The van der Waals surface area contributed by atoms with Crippen LogP contribution in [-0.2, 0) is 9.59 Å². The van der Waals surface area contributed by atoms with Crippen LogP contribution in [0.2, 0.25) is 0 Å². The van der Waals surface area contributed by atoms with E-state index in [9.17, 15) is 14.9 Å². The zero-order valence-electron chi connectivity index (χ0n) is 12.1. The Labute approximate surface area is 124 Å². The molecule has 2 rings (SSSR count). The summed E-state index contributed by atoms with van der Waals surface area (Å²) >= 11 is 0. The minimum atomic E-state index is -0.797. The van der Waals surface area contributed by atoms with Crippen molar-refractivity contribution in [3.8, 4) is 6.07 Å². The molecule has 0 spiro atoms. The number of nitriles is 1. The van der Waals surface area contributed by atoms with Gasteiger partial charge < -0.3 is 10.2 Å². The third-order valence-electron chi connectivity index (χ3n) is 3.86. The van der Waals surface area contributed by atoms with Crippen molar-refractivity contribution in [3.05, 3.63) is 35.9 Å². The minimum absolute atomic E-state index is 0.0410. The van der Waals surface area contributed by atoms with Crippen molar-refractivity contribution in [1.29, 1.82) is 5.26 Å². The van der Waals surface area contributed by atoms with Crippen LogP contribution < -0.4 is 5.32 Å². The first kappa shape index (κ1) is 15.0. The molecule has 1 saturated heterocycles. The Hall–Kier alpha value is -2.35. The van der Waals surface area contributed by atoms with E-state index in [1.54, 1.807) is 24.1 Å². The van der Waals surface area contributed by atoms with E-state index in [4.69, 9.17) is 0 Å². The number of benzene rings is 1. The summed E-state index contributed by atoms with van der Waals surface area (Å²) in [5.41, 5.74) is 0.701. The van der Waals surface area contributed by atoms with Gasteiger partial charge in [-0.2, -0.15) is 5.26 Å². The molecule has 0 aromatic heterocycles. The third-order valence-corrected chi connectivity index (χ3v) is 3.86. The number of carbonyl (C=O) groups excluding carboxylic acids is 2. The zero-order chi connectivity index (χ0) is 15.2. The van der Waals surface area contributed by atoms with Crippen LogP contribution in [0.1, 0.15) is 24.3 Å². The second-order valence-electron chi connectivity index (χ2n) is 5.21. The Bertz CT molecular complexity index is 550. The molecule has 1 N–H and O–H groups in total. The van der Waals surface area contributed by atoms with Gasteiger partial charge in [0.25, 0.3) is 0 Å². The van der Waals surface area contributed by atoms with E-state index in [1.807, 2.05) is 18.2 Å². The fourth-order valence-electron chi connectivity index (χ4n) is 2.70. The van der Waals surface area contributed by atoms with Crippen molar-refractivity contribution < 1.29 is 9.59 Å². The monoisotopic (exact) mass is 285 g/mol. The highest BCUT2D eigenvalue weighted by molar-refractivity contribution is 5.87. The Morgan fingerprint density at radius 3 is 2.71 bits per heavy atom. The van der Waals surface area contributed by atoms with E-state index in [0.29, 0.717) is 18.7 Å². The quantitative estimate of drug-likeness (QED) is 0.909. The highest BCUT2D eigenvalue weighted by Crippen LogP contribution is 2.23. The molecule has 2 unspecified atom stereocenters. The number of likely N-dealkylation sites (tertiary alicyclic amines) is 1. The first-order valence-corrected chi connectivity index (χ1v) is 7.12. The second-order valence-corrected chi connectivity index (χ2v) is 5.21. The fraction of sp³-hybridized carbons (Fsp3) is 0.438. The Morgan fingerprint density at radius 2 is 2.10 bits per heavy atom. The van der Waals surface area contributed by atoms with Crippen LogP contribution in [0.5, 0.6) is 0 Å². The highest BCUT2D eigenvalue weighted by Gasteiger charge is 2.32. The van der Waals surface area contributed by atoms with Gasteiger partial charge in [-0.3, -0.25) is 9.59 Å². The smallest absolute Gasteiger partial charge is 0.244 e. The molecular formula is C16H19N3O2. The molecule has 5 nitrogen and oxygen atoms in total. The highest BCUT2D eigenvalue weighted by atomic mass is 16.2. The molecule has 0 saturated carbocycles. The van der Waals surface area contributed by atoms with Crippen molar-refractivity contribution >= 4 is 11.8 Å². The summed E-state index contributed by atoms with van der Waals surface area (Å²) < 4.78 is 0. The largest absolute Gasteiger partial charge is 0.359 e. The molecule has 2 atom stereocenters. The summed E-state index contributed by atoms with van der Waals surface area (Å²) in [5.74, 6) is -1.23. The van der Waals surface area contributed by atoms with E-state index in [2.05, 4.69) is 11.4 Å². The molecule has 5 heteroatoms. The maximum absolute atomic E-state index is 12.6. The topological polar surface area (TPSA) is 73.2 Å². The Morgan fingerprint density at radius 1 is 1.38 bits per heavy atom. The molecule has 110 valence electrons. The van der Waals surface area contributed by atoms with Crippen molar-refractivity contribution in [1.82, 2.24) is 10.2 Å². The number of hydrogen-bond donors (Lipinski definition) is 1. The number of carbonyl (C=O) groups is 2. The molecule has 1 aliphatic rings. The number of nitrogens with one attached hydrogen (secondary N) is 1. The summed E-state index contributed by atoms with van der Waals surface area (Å²) in [6, 6.07) is 11.1. The molecule has 2 amide bonds. The maximum Gasteiger partial charge on any atom is 0.244 e. The van der Waals surface area contributed by atoms with E-state index in [-0.39, 0.29) is 17.7 Å². The summed E-state index contributed by atoms with van der Waals surface area (Å²) in [6.45, 7) is 1.00. The normalized spacial score (nSPS) is 19.4. The van der Waals surface area contributed by atoms with E-state index in [1.165, 1.54) is 0 Å². The molecule has 0 aliphatic carbocycles. The lowest BCUT2D eigenvalue weighted by Gasteiger charge is -2.33. The average molecular weight is 285 g/mol. The lowest BCUT2D eigenvalue weighted by molar-refractivity contribution is -0.135. The van der Waals surface area contributed by atoms with Gasteiger partial charge in [0.05, 0.1) is 12.0 Å². The van der Waals surface area contributed by atoms with Gasteiger partial charge in [-0.25, -0.2) is 0 Å². The molecular weight excluding hydrogens is 266 g/mol. The number of nitrogens with zero attached hydrogens (tertiary/aromatic N) is 2. The standard InChI is InChI=1S/C16H19N3O2/c1-18-15(20)13-8-5-9-19(11-13)16(21)14(10-17)12-6-3-2-4-7-12/h2-4,6-7,13-14H,5,8-9,11H2,1H3,(H,18,20). The van der Waals surface area contributed by atoms with Crippen LogP contribution in [0.15, 0.2) is 30.3 Å². The molecule has 0 bridgehead atoms. The second kappa shape index (κ2) is 6.89. The summed E-state index contributed by atoms with van der Waals surface area (Å²) in [7, 11) is 1.60. The molecule has 1 fully saturated rings. The number of amides is 2. The van der Waals surface area contributed by atoms with E-state index >= 15 is 0 Å². The third kappa shape index (κ3) is 3.40. The van der Waals surface area contributed by atoms with Crippen LogP contribution in [0, 0.1) is 17.2 Å². The van der Waals surface area contributed by atoms with Gasteiger partial charge in [-0.05, 0) is 18.4 Å². The first-order valence-electron chi connectivity index (χ1n) is 7.12. The fourth-order valence-corrected chi connectivity index (χ4v) is 2.70. The van der Waals surface area contributed by atoms with Gasteiger partial charge in [-0.15, -0.1) is 0 Å². The molecule has 1 heterocycles. The number of hydrogen-bond acceptors (Lipinski definition) is 3. The average Bonchev–Trinajstić information content (AvgIpc) is 2.55. The lowest BCUT2D eigenvalue weighted by Crippen LogP contribution is -2.46. The maximum atomic E-state index is 12.6. The van der Waals surface area contributed by atoms with Gasteiger partial charge >= 0.3 is 0 Å². The van der Waals surface area contributed by atoms with Crippen molar-refractivity contribution in [2.45, 2.75) is 18.8 Å². The number of rotatable bonds is 3. The molecule has 21 heavy (non-hydrogen) atoms. The summed E-state index contributed by atoms with van der Waals surface area (Å²) in [5, 5.41) is 12.0. The van der Waals surface area contributed by atoms with Crippen molar-refractivity contribution in [2.24, 2.45) is 5.92 Å². The predicted octanol–water partition coefficient (Wildman–Crippen LogP) is 1.28. The predicted molar refractivity (Wildman–Crippen MR) is 78.2 cm³/mol. The summed E-state index contributed by atoms with van der Waals surface area (Å²) in [4.78, 5) is 25.9. The lowest BCUT2D eigenvalue weighted by atomic mass is 9.94. The van der Waals surface area contributed by atoms with Crippen LogP contribution in [-0.4, -0.2) is 36.9 Å². The van der Waals surface area contributed by atoms with Crippen LogP contribution in [0.3, 0.4) is 0 Å². The van der Waals surface area contributed by atoms with E-state index < -0.39 is 5.92 Å². The molecule has 1 aromatic rings. The van der Waals surface area contributed by atoms with Gasteiger partial charge in [0.2, 0.25) is 11.8 Å². The zero-order valence-corrected chi connectivity index (χ0v) is 12.1. The van der Waals surface area contributed by atoms with Crippen LogP contribution in [0.4, 0.5) is 0 Å². The van der Waals surface area contributed by atoms with Gasteiger partial charge in [0.1, 0.15) is 5.92 Å². The van der Waals surface area contributed by atoms with Crippen molar-refractivity contribution in [2.75, 3.05) is 20.1 Å². The summed E-state index contributed by atoms with van der Waals surface area (Å²) in [6.07, 6.45) is 1.57. The number of piperidine rings is 1. The van der Waals surface area contributed by atoms with Crippen molar-refractivity contribution in [3.63, 3.8) is 0 Å². The Balaban J connectivity index is 2.11. The van der Waals surface area contributed by atoms with E-state index in [0.717, 1.165) is 12.8 Å². The van der Waals surface area contributed by atoms with Crippen LogP contribution >= 0.6 is 0 Å². The van der Waals surface area contributed by atoms with Gasteiger partial charge in [0.15, 0.2) is 0 Å². The first-order chi connectivity index (χ1) is 10.2. The minimum Gasteiger partial charge on any atom is -0.359 e. The Kier molecular flexibility index (Phi) is 4.94. The van der Waals surface area contributed by atoms with Gasteiger partial charge in [-0.1, -0.05) is 30.3 Å². The van der Waals surface area contributed by atoms with Crippen LogP contribution in [0.25, 0.3) is 0 Å².